The number of carbonyl (C=O) groups is 1. The Hall–Kier alpha value is -1.50. The number of nitrogens with zero attached hydrogens (tertiary/aromatic N) is 1. The molecule has 7 heteroatoms. The highest BCUT2D eigenvalue weighted by Gasteiger charge is 2.28. The molecule has 20 heavy (non-hydrogen) atoms. The van der Waals surface area contributed by atoms with E-state index in [1.807, 2.05) is 4.90 Å². The summed E-state index contributed by atoms with van der Waals surface area (Å²) in [7, 11) is 1.30. The molecule has 1 atom stereocenters. The molecule has 1 aliphatic rings. The van der Waals surface area contributed by atoms with E-state index in [1.165, 1.54) is 13.2 Å². The minimum absolute atomic E-state index is 0.0959. The standard InChI is InChI=1S/C13H17ClN2O4/c1-19-13(18)10-4-8(15)5-11(14)12(10)16-2-3-20-7-9(16)6-17/h4-5,9,17H,2-3,6-7,15H2,1H3. The zero-order valence-electron chi connectivity index (χ0n) is 11.1. The molecule has 0 radical (unpaired) electrons. The molecule has 2 rings (SSSR count). The number of benzene rings is 1. The first-order valence-electron chi connectivity index (χ1n) is 6.21. The van der Waals surface area contributed by atoms with E-state index in [0.717, 1.165) is 0 Å². The summed E-state index contributed by atoms with van der Waals surface area (Å²) in [6.45, 7) is 1.30. The lowest BCUT2D eigenvalue weighted by Crippen LogP contribution is -2.48. The van der Waals surface area contributed by atoms with Crippen molar-refractivity contribution in [2.75, 3.05) is 44.1 Å². The Morgan fingerprint density at radius 3 is 3.05 bits per heavy atom. The van der Waals surface area contributed by atoms with Gasteiger partial charge in [-0.2, -0.15) is 0 Å². The van der Waals surface area contributed by atoms with Crippen LogP contribution in [0, 0.1) is 0 Å². The van der Waals surface area contributed by atoms with Gasteiger partial charge in [0, 0.05) is 12.2 Å². The molecule has 6 nitrogen and oxygen atoms in total. The molecule has 1 fully saturated rings. The number of methoxy groups -OCH3 is 1. The SMILES string of the molecule is COC(=O)c1cc(N)cc(Cl)c1N1CCOCC1CO. The Kier molecular flexibility index (Phi) is 4.69. The highest BCUT2D eigenvalue weighted by Crippen LogP contribution is 2.35. The Labute approximate surface area is 122 Å². The summed E-state index contributed by atoms with van der Waals surface area (Å²) >= 11 is 6.24. The summed E-state index contributed by atoms with van der Waals surface area (Å²) in [4.78, 5) is 13.8. The van der Waals surface area contributed by atoms with Gasteiger partial charge in [-0.05, 0) is 12.1 Å². The maximum atomic E-state index is 11.9. The number of rotatable bonds is 3. The number of anilines is 2. The number of carbonyl (C=O) groups excluding carboxylic acids is 1. The fourth-order valence-corrected chi connectivity index (χ4v) is 2.61. The third kappa shape index (κ3) is 2.82. The van der Waals surface area contributed by atoms with Gasteiger partial charge in [-0.1, -0.05) is 11.6 Å². The molecule has 0 aliphatic carbocycles. The van der Waals surface area contributed by atoms with Gasteiger partial charge in [0.2, 0.25) is 0 Å². The molecule has 1 unspecified atom stereocenters. The number of hydrogen-bond acceptors (Lipinski definition) is 6. The maximum Gasteiger partial charge on any atom is 0.340 e. The largest absolute Gasteiger partial charge is 0.465 e. The van der Waals surface area contributed by atoms with E-state index >= 15 is 0 Å². The third-order valence-corrected chi connectivity index (χ3v) is 3.50. The monoisotopic (exact) mass is 300 g/mol. The number of esters is 1. The van der Waals surface area contributed by atoms with Crippen molar-refractivity contribution in [1.29, 1.82) is 0 Å². The lowest BCUT2D eigenvalue weighted by Gasteiger charge is -2.37. The van der Waals surface area contributed by atoms with Gasteiger partial charge in [-0.25, -0.2) is 4.79 Å². The van der Waals surface area contributed by atoms with Crippen LogP contribution in [0.2, 0.25) is 5.02 Å². The second-order valence-corrected chi connectivity index (χ2v) is 4.90. The van der Waals surface area contributed by atoms with E-state index in [4.69, 9.17) is 26.8 Å². The minimum Gasteiger partial charge on any atom is -0.465 e. The highest BCUT2D eigenvalue weighted by atomic mass is 35.5. The third-order valence-electron chi connectivity index (χ3n) is 3.22. The van der Waals surface area contributed by atoms with E-state index < -0.39 is 5.97 Å². The predicted molar refractivity (Wildman–Crippen MR) is 76.2 cm³/mol. The predicted octanol–water partition coefficient (Wildman–Crippen LogP) is 0.906. The highest BCUT2D eigenvalue weighted by molar-refractivity contribution is 6.34. The van der Waals surface area contributed by atoms with Crippen LogP contribution in [0.25, 0.3) is 0 Å². The molecule has 0 aromatic heterocycles. The summed E-state index contributed by atoms with van der Waals surface area (Å²) in [5, 5.41) is 9.80. The average molecular weight is 301 g/mol. The molecule has 1 aromatic carbocycles. The lowest BCUT2D eigenvalue weighted by atomic mass is 10.1. The van der Waals surface area contributed by atoms with Gasteiger partial charge in [0.25, 0.3) is 0 Å². The number of morpholine rings is 1. The lowest BCUT2D eigenvalue weighted by molar-refractivity contribution is 0.0593. The van der Waals surface area contributed by atoms with Gasteiger partial charge in [-0.15, -0.1) is 0 Å². The van der Waals surface area contributed by atoms with E-state index in [2.05, 4.69) is 0 Å². The van der Waals surface area contributed by atoms with E-state index in [-0.39, 0.29) is 18.2 Å². The topological polar surface area (TPSA) is 85.0 Å². The number of halogens is 1. The van der Waals surface area contributed by atoms with Crippen molar-refractivity contribution < 1.29 is 19.4 Å². The normalized spacial score (nSPS) is 18.9. The van der Waals surface area contributed by atoms with Crippen molar-refractivity contribution in [2.45, 2.75) is 6.04 Å². The van der Waals surface area contributed by atoms with Crippen molar-refractivity contribution in [3.63, 3.8) is 0 Å². The van der Waals surface area contributed by atoms with Crippen LogP contribution in [0.3, 0.4) is 0 Å². The number of nitrogen functional groups attached to an aromatic ring is 1. The van der Waals surface area contributed by atoms with Gasteiger partial charge in [0.1, 0.15) is 0 Å². The van der Waals surface area contributed by atoms with Crippen LogP contribution in [0.1, 0.15) is 10.4 Å². The average Bonchev–Trinajstić information content (AvgIpc) is 2.45. The smallest absolute Gasteiger partial charge is 0.340 e. The number of nitrogens with two attached hydrogens (primary N) is 1. The number of aliphatic hydroxyl groups excluding tert-OH is 1. The molecule has 1 saturated heterocycles. The summed E-state index contributed by atoms with van der Waals surface area (Å²) in [5.74, 6) is -0.516. The van der Waals surface area contributed by atoms with Crippen molar-refractivity contribution in [2.24, 2.45) is 0 Å². The van der Waals surface area contributed by atoms with Crippen LogP contribution in [0.15, 0.2) is 12.1 Å². The number of hydrogen-bond donors (Lipinski definition) is 2. The van der Waals surface area contributed by atoms with Crippen molar-refractivity contribution in [3.8, 4) is 0 Å². The molecular weight excluding hydrogens is 284 g/mol. The molecule has 0 saturated carbocycles. The molecule has 1 heterocycles. The quantitative estimate of drug-likeness (QED) is 0.637. The molecule has 1 aromatic rings. The molecule has 1 aliphatic heterocycles. The van der Waals surface area contributed by atoms with Crippen LogP contribution >= 0.6 is 11.6 Å². The Morgan fingerprint density at radius 1 is 1.65 bits per heavy atom. The first-order chi connectivity index (χ1) is 9.58. The van der Waals surface area contributed by atoms with E-state index in [1.54, 1.807) is 6.07 Å². The van der Waals surface area contributed by atoms with Gasteiger partial charge >= 0.3 is 5.97 Å². The van der Waals surface area contributed by atoms with Crippen molar-refractivity contribution in [3.05, 3.63) is 22.7 Å². The van der Waals surface area contributed by atoms with Crippen LogP contribution in [0.5, 0.6) is 0 Å². The van der Waals surface area contributed by atoms with Gasteiger partial charge < -0.3 is 25.2 Å². The van der Waals surface area contributed by atoms with Crippen LogP contribution in [0.4, 0.5) is 11.4 Å². The molecule has 0 spiro atoms. The van der Waals surface area contributed by atoms with E-state index in [9.17, 15) is 9.90 Å². The van der Waals surface area contributed by atoms with Crippen molar-refractivity contribution >= 4 is 28.9 Å². The number of ether oxygens (including phenoxy) is 2. The minimum atomic E-state index is -0.516. The molecule has 0 amide bonds. The summed E-state index contributed by atoms with van der Waals surface area (Å²) in [5.41, 5.74) is 6.93. The van der Waals surface area contributed by atoms with Gasteiger partial charge in [-0.3, -0.25) is 0 Å². The van der Waals surface area contributed by atoms with E-state index in [0.29, 0.717) is 36.2 Å². The van der Waals surface area contributed by atoms with Crippen LogP contribution in [-0.2, 0) is 9.47 Å². The fourth-order valence-electron chi connectivity index (χ4n) is 2.28. The second-order valence-electron chi connectivity index (χ2n) is 4.50. The van der Waals surface area contributed by atoms with Crippen LogP contribution < -0.4 is 10.6 Å². The summed E-state index contributed by atoms with van der Waals surface area (Å²) < 4.78 is 10.1. The molecular formula is C13H17ClN2O4. The summed E-state index contributed by atoms with van der Waals surface area (Å²) in [6.07, 6.45) is 0. The fraction of sp³-hybridized carbons (Fsp3) is 0.462. The maximum absolute atomic E-state index is 11.9. The Balaban J connectivity index is 2.50. The first-order valence-corrected chi connectivity index (χ1v) is 6.58. The Bertz CT molecular complexity index is 509. The number of aliphatic hydroxyl groups is 1. The molecule has 110 valence electrons. The van der Waals surface area contributed by atoms with Crippen molar-refractivity contribution in [1.82, 2.24) is 0 Å². The zero-order valence-corrected chi connectivity index (χ0v) is 11.9. The molecule has 3 N–H and O–H groups in total. The zero-order chi connectivity index (χ0) is 14.7. The Morgan fingerprint density at radius 2 is 2.40 bits per heavy atom. The summed E-state index contributed by atoms with van der Waals surface area (Å²) in [6, 6.07) is 2.85. The second kappa shape index (κ2) is 6.30. The van der Waals surface area contributed by atoms with Crippen LogP contribution in [-0.4, -0.2) is 50.6 Å². The van der Waals surface area contributed by atoms with Gasteiger partial charge in [0.05, 0.1) is 49.2 Å². The van der Waals surface area contributed by atoms with Gasteiger partial charge in [0.15, 0.2) is 0 Å². The first kappa shape index (κ1) is 14.9. The molecule has 0 bridgehead atoms.